The van der Waals surface area contributed by atoms with Crippen LogP contribution < -0.4 is 0 Å². The average Bonchev–Trinajstić information content (AvgIpc) is 3.05. The van der Waals surface area contributed by atoms with Gasteiger partial charge in [-0.25, -0.2) is 18.7 Å². The highest BCUT2D eigenvalue weighted by Crippen LogP contribution is 2.28. The van der Waals surface area contributed by atoms with Crippen molar-refractivity contribution in [3.8, 4) is 22.5 Å². The summed E-state index contributed by atoms with van der Waals surface area (Å²) in [6.45, 7) is 1.97. The van der Waals surface area contributed by atoms with Gasteiger partial charge in [-0.15, -0.1) is 0 Å². The molecule has 27 heavy (non-hydrogen) atoms. The first kappa shape index (κ1) is 17.4. The van der Waals surface area contributed by atoms with Crippen LogP contribution in [0.4, 0.5) is 4.39 Å². The second-order valence-electron chi connectivity index (χ2n) is 6.12. The van der Waals surface area contributed by atoms with Crippen LogP contribution in [-0.2, 0) is 0 Å². The highest BCUT2D eigenvalue weighted by atomic mass is 79.9. The van der Waals surface area contributed by atoms with Crippen molar-refractivity contribution in [1.29, 1.82) is 0 Å². The van der Waals surface area contributed by atoms with E-state index >= 15 is 0 Å². The first-order valence-corrected chi connectivity index (χ1v) is 8.88. The maximum atomic E-state index is 14.3. The van der Waals surface area contributed by atoms with Crippen LogP contribution in [0.25, 0.3) is 28.2 Å². The first-order valence-electron chi connectivity index (χ1n) is 8.09. The molecule has 0 aliphatic carbocycles. The standard InChI is InChI=1S/C20H13BrFN3O2/c1-11-2-4-12(5-3-11)18-9-17(20(26)27)23-19-10-16(24-25(18)19)14-7-6-13(21)8-15(14)22/h2-10H,1H3,(H,26,27). The third-order valence-corrected chi connectivity index (χ3v) is 4.69. The zero-order chi connectivity index (χ0) is 19.1. The van der Waals surface area contributed by atoms with E-state index in [9.17, 15) is 14.3 Å². The fourth-order valence-corrected chi connectivity index (χ4v) is 3.18. The van der Waals surface area contributed by atoms with Crippen molar-refractivity contribution >= 4 is 27.5 Å². The number of carboxylic acid groups (broad SMARTS) is 1. The second-order valence-corrected chi connectivity index (χ2v) is 7.04. The molecule has 0 aliphatic rings. The van der Waals surface area contributed by atoms with Gasteiger partial charge in [0.05, 0.1) is 11.4 Å². The van der Waals surface area contributed by atoms with E-state index in [2.05, 4.69) is 26.0 Å². The Morgan fingerprint density at radius 2 is 1.85 bits per heavy atom. The second kappa shape index (κ2) is 6.59. The number of carbonyl (C=O) groups is 1. The number of hydrogen-bond donors (Lipinski definition) is 1. The smallest absolute Gasteiger partial charge is 0.354 e. The van der Waals surface area contributed by atoms with Crippen LogP contribution in [0.1, 0.15) is 16.1 Å². The zero-order valence-electron chi connectivity index (χ0n) is 14.1. The number of halogens is 2. The molecule has 4 aromatic rings. The summed E-state index contributed by atoms with van der Waals surface area (Å²) < 4.78 is 16.5. The van der Waals surface area contributed by atoms with Crippen molar-refractivity contribution in [2.75, 3.05) is 0 Å². The van der Waals surface area contributed by atoms with Crippen molar-refractivity contribution in [2.45, 2.75) is 6.92 Å². The molecule has 2 heterocycles. The van der Waals surface area contributed by atoms with Gasteiger partial charge < -0.3 is 5.11 Å². The Kier molecular flexibility index (Phi) is 4.24. The van der Waals surface area contributed by atoms with Gasteiger partial charge in [0.25, 0.3) is 0 Å². The van der Waals surface area contributed by atoms with Crippen molar-refractivity contribution in [3.63, 3.8) is 0 Å². The van der Waals surface area contributed by atoms with Gasteiger partial charge in [-0.2, -0.15) is 5.10 Å². The number of hydrogen-bond acceptors (Lipinski definition) is 3. The van der Waals surface area contributed by atoms with Gasteiger partial charge in [0.15, 0.2) is 11.3 Å². The molecule has 0 radical (unpaired) electrons. The number of nitrogens with zero attached hydrogens (tertiary/aromatic N) is 3. The Hall–Kier alpha value is -3.06. The van der Waals surface area contributed by atoms with Gasteiger partial charge >= 0.3 is 5.97 Å². The van der Waals surface area contributed by atoms with E-state index in [1.807, 2.05) is 31.2 Å². The molecule has 0 spiro atoms. The quantitative estimate of drug-likeness (QED) is 0.502. The van der Waals surface area contributed by atoms with Gasteiger partial charge in [0.2, 0.25) is 0 Å². The molecule has 2 aromatic heterocycles. The van der Waals surface area contributed by atoms with Crippen LogP contribution in [0, 0.1) is 12.7 Å². The molecule has 7 heteroatoms. The Bertz CT molecular complexity index is 1190. The highest BCUT2D eigenvalue weighted by Gasteiger charge is 2.17. The lowest BCUT2D eigenvalue weighted by Gasteiger charge is -2.07. The van der Waals surface area contributed by atoms with Crippen LogP contribution in [0.2, 0.25) is 0 Å². The lowest BCUT2D eigenvalue weighted by molar-refractivity contribution is 0.0690. The maximum Gasteiger partial charge on any atom is 0.354 e. The van der Waals surface area contributed by atoms with Crippen molar-refractivity contribution in [3.05, 3.63) is 76.1 Å². The third kappa shape index (κ3) is 3.21. The number of carboxylic acids is 1. The van der Waals surface area contributed by atoms with Crippen LogP contribution in [0.5, 0.6) is 0 Å². The molecular formula is C20H13BrFN3O2. The van der Waals surface area contributed by atoms with Crippen molar-refractivity contribution in [1.82, 2.24) is 14.6 Å². The molecule has 2 aromatic carbocycles. The Balaban J connectivity index is 1.97. The maximum absolute atomic E-state index is 14.3. The molecule has 0 bridgehead atoms. The van der Waals surface area contributed by atoms with Crippen LogP contribution in [0.15, 0.2) is 59.1 Å². The van der Waals surface area contributed by atoms with Gasteiger partial charge in [0.1, 0.15) is 5.82 Å². The van der Waals surface area contributed by atoms with Gasteiger partial charge in [-0.05, 0) is 31.2 Å². The van der Waals surface area contributed by atoms with E-state index in [-0.39, 0.29) is 5.69 Å². The van der Waals surface area contributed by atoms with Crippen LogP contribution in [-0.4, -0.2) is 25.7 Å². The molecule has 0 saturated heterocycles. The molecular weight excluding hydrogens is 413 g/mol. The zero-order valence-corrected chi connectivity index (χ0v) is 15.7. The summed E-state index contributed by atoms with van der Waals surface area (Å²) in [6.07, 6.45) is 0. The summed E-state index contributed by atoms with van der Waals surface area (Å²) in [5.74, 6) is -1.56. The normalized spacial score (nSPS) is 11.1. The van der Waals surface area contributed by atoms with E-state index in [1.165, 1.54) is 16.6 Å². The highest BCUT2D eigenvalue weighted by molar-refractivity contribution is 9.10. The summed E-state index contributed by atoms with van der Waals surface area (Å²) >= 11 is 3.23. The topological polar surface area (TPSA) is 67.5 Å². The lowest BCUT2D eigenvalue weighted by atomic mass is 10.1. The fraction of sp³-hybridized carbons (Fsp3) is 0.0500. The predicted molar refractivity (Wildman–Crippen MR) is 103 cm³/mol. The molecule has 1 N–H and O–H groups in total. The molecule has 0 fully saturated rings. The van der Waals surface area contributed by atoms with Gasteiger partial charge in [-0.1, -0.05) is 45.8 Å². The molecule has 134 valence electrons. The Morgan fingerprint density at radius 1 is 1.11 bits per heavy atom. The van der Waals surface area contributed by atoms with E-state index < -0.39 is 11.8 Å². The minimum absolute atomic E-state index is 0.0965. The Morgan fingerprint density at radius 3 is 2.52 bits per heavy atom. The molecule has 4 rings (SSSR count). The van der Waals surface area contributed by atoms with Gasteiger partial charge in [-0.3, -0.25) is 0 Å². The summed E-state index contributed by atoms with van der Waals surface area (Å²) in [5, 5.41) is 13.9. The fourth-order valence-electron chi connectivity index (χ4n) is 2.84. The summed E-state index contributed by atoms with van der Waals surface area (Å²) in [4.78, 5) is 15.6. The first-order chi connectivity index (χ1) is 12.9. The number of fused-ring (bicyclic) bond motifs is 1. The largest absolute Gasteiger partial charge is 0.477 e. The number of benzene rings is 2. The van der Waals surface area contributed by atoms with Crippen LogP contribution in [0.3, 0.4) is 0 Å². The molecule has 5 nitrogen and oxygen atoms in total. The molecule has 0 saturated carbocycles. The lowest BCUT2D eigenvalue weighted by Crippen LogP contribution is -2.05. The molecule has 0 amide bonds. The van der Waals surface area contributed by atoms with Gasteiger partial charge in [0, 0.05) is 21.7 Å². The SMILES string of the molecule is Cc1ccc(-c2cc(C(=O)O)nc3cc(-c4ccc(Br)cc4F)nn23)cc1. The number of aromatic nitrogens is 3. The summed E-state index contributed by atoms with van der Waals surface area (Å²) in [5.41, 5.74) is 3.38. The molecule has 0 aliphatic heterocycles. The predicted octanol–water partition coefficient (Wildman–Crippen LogP) is 4.97. The van der Waals surface area contributed by atoms with Crippen LogP contribution >= 0.6 is 15.9 Å². The minimum Gasteiger partial charge on any atom is -0.477 e. The van der Waals surface area contributed by atoms with Crippen molar-refractivity contribution in [2.24, 2.45) is 0 Å². The van der Waals surface area contributed by atoms with E-state index in [0.717, 1.165) is 11.1 Å². The third-order valence-electron chi connectivity index (χ3n) is 4.20. The Labute approximate surface area is 162 Å². The number of rotatable bonds is 3. The van der Waals surface area contributed by atoms with E-state index in [0.29, 0.717) is 27.1 Å². The van der Waals surface area contributed by atoms with Crippen molar-refractivity contribution < 1.29 is 14.3 Å². The monoisotopic (exact) mass is 425 g/mol. The van der Waals surface area contributed by atoms with E-state index in [1.54, 1.807) is 18.2 Å². The summed E-state index contributed by atoms with van der Waals surface area (Å²) in [7, 11) is 0. The van der Waals surface area contributed by atoms with E-state index in [4.69, 9.17) is 0 Å². The number of aromatic carboxylic acids is 1. The molecule has 0 atom stereocenters. The molecule has 0 unspecified atom stereocenters. The summed E-state index contributed by atoms with van der Waals surface area (Å²) in [6, 6.07) is 15.4. The minimum atomic E-state index is -1.14. The number of aryl methyl sites for hydroxylation is 1. The average molecular weight is 426 g/mol.